The maximum absolute atomic E-state index is 12.8. The van der Waals surface area contributed by atoms with Crippen LogP contribution in [0.1, 0.15) is 335 Å². The molecule has 390 valence electrons. The van der Waals surface area contributed by atoms with E-state index in [9.17, 15) is 14.4 Å². The standard InChI is InChI=1S/C60H114O6/c1-4-7-10-13-16-19-21-23-25-27-28-29-30-31-32-34-35-37-39-41-44-47-50-53-59(62)65-56-57(55-64-58(61)52-49-46-43-18-15-12-9-6-3)66-60(63)54-51-48-45-42-40-38-36-33-26-24-22-20-17-14-11-8-5-2/h27-28,57H,4-26,29-56H2,1-3H3/b28-27-. The van der Waals surface area contributed by atoms with Crippen LogP contribution >= 0.6 is 0 Å². The van der Waals surface area contributed by atoms with Gasteiger partial charge in [0.25, 0.3) is 0 Å². The van der Waals surface area contributed by atoms with Gasteiger partial charge in [-0.3, -0.25) is 14.4 Å². The van der Waals surface area contributed by atoms with E-state index in [1.165, 1.54) is 238 Å². The van der Waals surface area contributed by atoms with Crippen molar-refractivity contribution in [1.29, 1.82) is 0 Å². The van der Waals surface area contributed by atoms with E-state index in [-0.39, 0.29) is 31.1 Å². The summed E-state index contributed by atoms with van der Waals surface area (Å²) in [5, 5.41) is 0. The minimum Gasteiger partial charge on any atom is -0.462 e. The number of hydrogen-bond acceptors (Lipinski definition) is 6. The summed E-state index contributed by atoms with van der Waals surface area (Å²) in [4.78, 5) is 38.0. The molecule has 0 radical (unpaired) electrons. The van der Waals surface area contributed by atoms with Crippen molar-refractivity contribution in [2.75, 3.05) is 13.2 Å². The molecular formula is C60H114O6. The minimum atomic E-state index is -0.763. The van der Waals surface area contributed by atoms with Gasteiger partial charge in [0.15, 0.2) is 6.10 Å². The normalized spacial score (nSPS) is 12.0. The molecule has 0 saturated heterocycles. The molecule has 0 aliphatic carbocycles. The quantitative estimate of drug-likeness (QED) is 0.0262. The smallest absolute Gasteiger partial charge is 0.306 e. The third kappa shape index (κ3) is 53.1. The first-order valence-corrected chi connectivity index (χ1v) is 29.7. The lowest BCUT2D eigenvalue weighted by molar-refractivity contribution is -0.167. The van der Waals surface area contributed by atoms with Gasteiger partial charge >= 0.3 is 17.9 Å². The highest BCUT2D eigenvalue weighted by Gasteiger charge is 2.19. The Bertz CT molecular complexity index is 1020. The van der Waals surface area contributed by atoms with Crippen LogP contribution < -0.4 is 0 Å². The molecule has 0 spiro atoms. The highest BCUT2D eigenvalue weighted by molar-refractivity contribution is 5.71. The largest absolute Gasteiger partial charge is 0.462 e. The van der Waals surface area contributed by atoms with Gasteiger partial charge in [0, 0.05) is 19.3 Å². The van der Waals surface area contributed by atoms with Gasteiger partial charge in [-0.25, -0.2) is 0 Å². The highest BCUT2D eigenvalue weighted by Crippen LogP contribution is 2.17. The summed E-state index contributed by atoms with van der Waals surface area (Å²) in [6, 6.07) is 0. The molecule has 0 aliphatic heterocycles. The number of carbonyl (C=O) groups excluding carboxylic acids is 3. The van der Waals surface area contributed by atoms with Gasteiger partial charge in [-0.15, -0.1) is 0 Å². The number of unbranched alkanes of at least 4 members (excludes halogenated alkanes) is 42. The van der Waals surface area contributed by atoms with Gasteiger partial charge < -0.3 is 14.2 Å². The SMILES string of the molecule is CCCCCCCCCC/C=C\CCCCCCCCCCCCCC(=O)OCC(COC(=O)CCCCCCCCCC)OC(=O)CCCCCCCCCCCCCCCCCCC. The Kier molecular flexibility index (Phi) is 54.2. The molecule has 0 aromatic rings. The lowest BCUT2D eigenvalue weighted by Crippen LogP contribution is -2.30. The second kappa shape index (κ2) is 55.7. The van der Waals surface area contributed by atoms with E-state index in [2.05, 4.69) is 32.9 Å². The average Bonchev–Trinajstić information content (AvgIpc) is 3.31. The number of carbonyl (C=O) groups is 3. The van der Waals surface area contributed by atoms with Crippen molar-refractivity contribution in [1.82, 2.24) is 0 Å². The van der Waals surface area contributed by atoms with Gasteiger partial charge in [0.1, 0.15) is 13.2 Å². The summed E-state index contributed by atoms with van der Waals surface area (Å²) < 4.78 is 16.8. The van der Waals surface area contributed by atoms with Crippen LogP contribution in [-0.4, -0.2) is 37.2 Å². The first-order valence-electron chi connectivity index (χ1n) is 29.7. The highest BCUT2D eigenvalue weighted by atomic mass is 16.6. The van der Waals surface area contributed by atoms with Gasteiger partial charge in [-0.1, -0.05) is 283 Å². The van der Waals surface area contributed by atoms with Crippen molar-refractivity contribution < 1.29 is 28.6 Å². The Morgan fingerprint density at radius 3 is 0.758 bits per heavy atom. The minimum absolute atomic E-state index is 0.0648. The van der Waals surface area contributed by atoms with E-state index in [0.29, 0.717) is 19.3 Å². The molecule has 6 heteroatoms. The zero-order valence-electron chi connectivity index (χ0n) is 44.7. The van der Waals surface area contributed by atoms with E-state index in [0.717, 1.165) is 57.8 Å². The third-order valence-electron chi connectivity index (χ3n) is 13.5. The lowest BCUT2D eigenvalue weighted by atomic mass is 10.0. The van der Waals surface area contributed by atoms with E-state index in [1.54, 1.807) is 0 Å². The molecular weight excluding hydrogens is 817 g/mol. The van der Waals surface area contributed by atoms with Crippen LogP contribution in [-0.2, 0) is 28.6 Å². The molecule has 0 bridgehead atoms. The van der Waals surface area contributed by atoms with Crippen LogP contribution in [0.25, 0.3) is 0 Å². The van der Waals surface area contributed by atoms with E-state index in [4.69, 9.17) is 14.2 Å². The predicted octanol–water partition coefficient (Wildman–Crippen LogP) is 19.7. The Morgan fingerprint density at radius 2 is 0.500 bits per heavy atom. The fourth-order valence-electron chi connectivity index (χ4n) is 9.03. The van der Waals surface area contributed by atoms with Gasteiger partial charge in [-0.05, 0) is 44.9 Å². The first kappa shape index (κ1) is 64.2. The number of hydrogen-bond donors (Lipinski definition) is 0. The Hall–Kier alpha value is -1.85. The second-order valence-corrected chi connectivity index (χ2v) is 20.3. The molecule has 0 aromatic heterocycles. The fraction of sp³-hybridized carbons (Fsp3) is 0.917. The molecule has 66 heavy (non-hydrogen) atoms. The van der Waals surface area contributed by atoms with E-state index >= 15 is 0 Å². The van der Waals surface area contributed by atoms with Crippen LogP contribution in [0.3, 0.4) is 0 Å². The first-order chi connectivity index (χ1) is 32.5. The van der Waals surface area contributed by atoms with Crippen LogP contribution in [0.15, 0.2) is 12.2 Å². The lowest BCUT2D eigenvalue weighted by Gasteiger charge is -2.18. The summed E-state index contributed by atoms with van der Waals surface area (Å²) in [7, 11) is 0. The van der Waals surface area contributed by atoms with Crippen LogP contribution in [0.4, 0.5) is 0 Å². The fourth-order valence-corrected chi connectivity index (χ4v) is 9.03. The monoisotopic (exact) mass is 931 g/mol. The van der Waals surface area contributed by atoms with Crippen molar-refractivity contribution in [2.45, 2.75) is 341 Å². The molecule has 1 unspecified atom stereocenters. The van der Waals surface area contributed by atoms with Crippen molar-refractivity contribution in [2.24, 2.45) is 0 Å². The maximum atomic E-state index is 12.8. The third-order valence-corrected chi connectivity index (χ3v) is 13.5. The second-order valence-electron chi connectivity index (χ2n) is 20.3. The summed E-state index contributed by atoms with van der Waals surface area (Å²) >= 11 is 0. The maximum Gasteiger partial charge on any atom is 0.306 e. The van der Waals surface area contributed by atoms with E-state index in [1.807, 2.05) is 0 Å². The molecule has 0 fully saturated rings. The molecule has 1 atom stereocenters. The van der Waals surface area contributed by atoms with Crippen molar-refractivity contribution in [3.05, 3.63) is 12.2 Å². The average molecular weight is 932 g/mol. The molecule has 0 saturated carbocycles. The summed E-state index contributed by atoms with van der Waals surface area (Å²) in [6.07, 6.45) is 63.7. The van der Waals surface area contributed by atoms with Crippen LogP contribution in [0.5, 0.6) is 0 Å². The van der Waals surface area contributed by atoms with Gasteiger partial charge in [0.2, 0.25) is 0 Å². The Balaban J connectivity index is 4.14. The summed E-state index contributed by atoms with van der Waals surface area (Å²) in [5.74, 6) is -0.846. The zero-order chi connectivity index (χ0) is 47.9. The predicted molar refractivity (Wildman–Crippen MR) is 284 cm³/mol. The zero-order valence-corrected chi connectivity index (χ0v) is 44.7. The summed E-state index contributed by atoms with van der Waals surface area (Å²) in [5.41, 5.74) is 0. The van der Waals surface area contributed by atoms with Gasteiger partial charge in [-0.2, -0.15) is 0 Å². The number of esters is 3. The molecule has 0 N–H and O–H groups in total. The molecule has 0 aromatic carbocycles. The number of ether oxygens (including phenoxy) is 3. The Morgan fingerprint density at radius 1 is 0.288 bits per heavy atom. The van der Waals surface area contributed by atoms with E-state index < -0.39 is 6.10 Å². The number of rotatable bonds is 55. The molecule has 0 amide bonds. The van der Waals surface area contributed by atoms with Crippen molar-refractivity contribution in [3.63, 3.8) is 0 Å². The van der Waals surface area contributed by atoms with Crippen molar-refractivity contribution in [3.8, 4) is 0 Å². The Labute approximate surface area is 411 Å². The van der Waals surface area contributed by atoms with Crippen LogP contribution in [0.2, 0.25) is 0 Å². The molecule has 6 nitrogen and oxygen atoms in total. The van der Waals surface area contributed by atoms with Crippen molar-refractivity contribution >= 4 is 17.9 Å². The molecule has 0 heterocycles. The summed E-state index contributed by atoms with van der Waals surface area (Å²) in [6.45, 7) is 6.67. The van der Waals surface area contributed by atoms with Gasteiger partial charge in [0.05, 0.1) is 0 Å². The number of allylic oxidation sites excluding steroid dienone is 2. The molecule has 0 aliphatic rings. The van der Waals surface area contributed by atoms with Crippen LogP contribution in [0, 0.1) is 0 Å². The molecule has 0 rings (SSSR count). The topological polar surface area (TPSA) is 78.9 Å².